The summed E-state index contributed by atoms with van der Waals surface area (Å²) in [5.74, 6) is -0.330. The molecule has 0 spiro atoms. The highest BCUT2D eigenvalue weighted by Crippen LogP contribution is 2.03. The first kappa shape index (κ1) is 15.0. The Balaban J connectivity index is 2.32. The molecule has 2 heterocycles. The van der Waals surface area contributed by atoms with Crippen LogP contribution in [0, 0.1) is 0 Å². The number of hydrogen-bond donors (Lipinski definition) is 0. The molecule has 0 aliphatic rings. The summed E-state index contributed by atoms with van der Waals surface area (Å²) < 4.78 is 8.86. The zero-order chi connectivity index (χ0) is 15.6. The number of ether oxygens (including phenoxy) is 1. The van der Waals surface area contributed by atoms with Gasteiger partial charge in [-0.25, -0.2) is 9.78 Å². The van der Waals surface area contributed by atoms with E-state index in [4.69, 9.17) is 4.74 Å². The summed E-state index contributed by atoms with van der Waals surface area (Å²) in [6.07, 6.45) is 2.04. The predicted octanol–water partition coefficient (Wildman–Crippen LogP) is -0.223. The summed E-state index contributed by atoms with van der Waals surface area (Å²) in [7, 11) is 3.27. The zero-order valence-corrected chi connectivity index (χ0v) is 12.3. The molecule has 0 amide bonds. The molecular formula is C13H18N4O4. The molecule has 2 aromatic heterocycles. The Kier molecular flexibility index (Phi) is 4.25. The lowest BCUT2D eigenvalue weighted by Crippen LogP contribution is -2.39. The molecule has 8 heteroatoms. The first-order valence-corrected chi connectivity index (χ1v) is 6.73. The van der Waals surface area contributed by atoms with Crippen molar-refractivity contribution in [1.29, 1.82) is 0 Å². The van der Waals surface area contributed by atoms with Crippen molar-refractivity contribution < 1.29 is 9.53 Å². The fourth-order valence-corrected chi connectivity index (χ4v) is 2.21. The molecule has 0 radical (unpaired) electrons. The van der Waals surface area contributed by atoms with E-state index in [9.17, 15) is 14.4 Å². The molecule has 0 bridgehead atoms. The molecule has 2 rings (SSSR count). The van der Waals surface area contributed by atoms with Crippen molar-refractivity contribution in [3.8, 4) is 0 Å². The molecule has 0 aromatic carbocycles. The number of imidazole rings is 1. The minimum Gasteiger partial charge on any atom is -0.466 e. The number of aromatic nitrogens is 4. The Morgan fingerprint density at radius 1 is 1.33 bits per heavy atom. The van der Waals surface area contributed by atoms with Gasteiger partial charge in [-0.3, -0.25) is 18.7 Å². The van der Waals surface area contributed by atoms with E-state index in [0.29, 0.717) is 24.2 Å². The predicted molar refractivity (Wildman–Crippen MR) is 76.1 cm³/mol. The quantitative estimate of drug-likeness (QED) is 0.711. The molecule has 0 saturated carbocycles. The van der Waals surface area contributed by atoms with Crippen LogP contribution in [-0.4, -0.2) is 31.3 Å². The fourth-order valence-electron chi connectivity index (χ4n) is 2.21. The van der Waals surface area contributed by atoms with E-state index in [-0.39, 0.29) is 18.9 Å². The van der Waals surface area contributed by atoms with Crippen LogP contribution in [0.1, 0.15) is 19.8 Å². The van der Waals surface area contributed by atoms with Crippen molar-refractivity contribution in [1.82, 2.24) is 18.7 Å². The van der Waals surface area contributed by atoms with E-state index >= 15 is 0 Å². The Bertz CT molecular complexity index is 784. The number of esters is 1. The third-order valence-electron chi connectivity index (χ3n) is 3.27. The van der Waals surface area contributed by atoms with Gasteiger partial charge in [0.15, 0.2) is 11.2 Å². The van der Waals surface area contributed by atoms with Crippen LogP contribution in [0.5, 0.6) is 0 Å². The van der Waals surface area contributed by atoms with E-state index in [1.54, 1.807) is 25.6 Å². The number of carbonyl (C=O) groups is 1. The number of carbonyl (C=O) groups excluding carboxylic acids is 1. The van der Waals surface area contributed by atoms with Crippen LogP contribution in [0.2, 0.25) is 0 Å². The Morgan fingerprint density at radius 3 is 2.71 bits per heavy atom. The minimum atomic E-state index is -0.435. The molecule has 0 atom stereocenters. The van der Waals surface area contributed by atoms with Crippen LogP contribution >= 0.6 is 0 Å². The number of nitrogens with zero attached hydrogens (tertiary/aromatic N) is 4. The van der Waals surface area contributed by atoms with E-state index in [2.05, 4.69) is 4.98 Å². The normalized spacial score (nSPS) is 11.0. The van der Waals surface area contributed by atoms with Gasteiger partial charge < -0.3 is 9.30 Å². The van der Waals surface area contributed by atoms with Gasteiger partial charge in [0, 0.05) is 27.1 Å². The number of aryl methyl sites for hydroxylation is 2. The van der Waals surface area contributed by atoms with E-state index in [1.165, 1.54) is 10.9 Å². The molecule has 0 fully saturated rings. The fraction of sp³-hybridized carbons (Fsp3) is 0.538. The SMILES string of the molecule is CCOC(=O)CCCn1c(=O)c2c(ncn2C)n(C)c1=O. The van der Waals surface area contributed by atoms with Gasteiger partial charge in [-0.15, -0.1) is 0 Å². The second-order valence-electron chi connectivity index (χ2n) is 4.73. The molecule has 8 nitrogen and oxygen atoms in total. The third kappa shape index (κ3) is 2.74. The van der Waals surface area contributed by atoms with Crippen molar-refractivity contribution in [2.24, 2.45) is 14.1 Å². The molecule has 21 heavy (non-hydrogen) atoms. The van der Waals surface area contributed by atoms with Crippen molar-refractivity contribution in [2.45, 2.75) is 26.3 Å². The van der Waals surface area contributed by atoms with Crippen molar-refractivity contribution in [3.63, 3.8) is 0 Å². The van der Waals surface area contributed by atoms with Crippen molar-refractivity contribution >= 4 is 17.1 Å². The summed E-state index contributed by atoms with van der Waals surface area (Å²) in [6.45, 7) is 2.22. The maximum Gasteiger partial charge on any atom is 0.332 e. The first-order chi connectivity index (χ1) is 9.97. The summed E-state index contributed by atoms with van der Waals surface area (Å²) in [4.78, 5) is 39.9. The summed E-state index contributed by atoms with van der Waals surface area (Å²) in [6, 6.07) is 0. The molecule has 2 aromatic rings. The summed E-state index contributed by atoms with van der Waals surface area (Å²) >= 11 is 0. The molecular weight excluding hydrogens is 276 g/mol. The van der Waals surface area contributed by atoms with E-state index in [0.717, 1.165) is 4.57 Å². The van der Waals surface area contributed by atoms with Crippen LogP contribution < -0.4 is 11.2 Å². The van der Waals surface area contributed by atoms with Gasteiger partial charge in [0.1, 0.15) is 0 Å². The Labute approximate surface area is 120 Å². The maximum atomic E-state index is 12.4. The maximum absolute atomic E-state index is 12.4. The average Bonchev–Trinajstić information content (AvgIpc) is 2.83. The average molecular weight is 294 g/mol. The molecule has 0 aliphatic carbocycles. The molecule has 0 saturated heterocycles. The van der Waals surface area contributed by atoms with E-state index < -0.39 is 11.2 Å². The van der Waals surface area contributed by atoms with Gasteiger partial charge in [0.25, 0.3) is 5.56 Å². The second-order valence-corrected chi connectivity index (χ2v) is 4.73. The molecule has 0 aliphatic heterocycles. The van der Waals surface area contributed by atoms with E-state index in [1.807, 2.05) is 0 Å². The van der Waals surface area contributed by atoms with Crippen LogP contribution in [0.4, 0.5) is 0 Å². The lowest BCUT2D eigenvalue weighted by atomic mass is 10.3. The Morgan fingerprint density at radius 2 is 2.05 bits per heavy atom. The van der Waals surface area contributed by atoms with Gasteiger partial charge in [0.2, 0.25) is 0 Å². The number of hydrogen-bond acceptors (Lipinski definition) is 5. The summed E-state index contributed by atoms with van der Waals surface area (Å²) in [5.41, 5.74) is -0.102. The third-order valence-corrected chi connectivity index (χ3v) is 3.27. The van der Waals surface area contributed by atoms with Crippen LogP contribution in [0.3, 0.4) is 0 Å². The highest BCUT2D eigenvalue weighted by atomic mass is 16.5. The van der Waals surface area contributed by atoms with Gasteiger partial charge in [-0.05, 0) is 13.3 Å². The van der Waals surface area contributed by atoms with Gasteiger partial charge in [-0.1, -0.05) is 0 Å². The van der Waals surface area contributed by atoms with Gasteiger partial charge >= 0.3 is 11.7 Å². The standard InChI is InChI=1S/C13H18N4O4/c1-4-21-9(18)6-5-7-17-12(19)10-11(14-8-15(10)2)16(3)13(17)20/h8H,4-7H2,1-3H3. The van der Waals surface area contributed by atoms with Crippen molar-refractivity contribution in [3.05, 3.63) is 27.2 Å². The monoisotopic (exact) mass is 294 g/mol. The first-order valence-electron chi connectivity index (χ1n) is 6.73. The van der Waals surface area contributed by atoms with Crippen LogP contribution in [0.25, 0.3) is 11.2 Å². The van der Waals surface area contributed by atoms with Crippen LogP contribution in [-0.2, 0) is 30.2 Å². The second kappa shape index (κ2) is 5.94. The zero-order valence-electron chi connectivity index (χ0n) is 12.3. The molecule has 0 unspecified atom stereocenters. The molecule has 114 valence electrons. The molecule has 0 N–H and O–H groups in total. The smallest absolute Gasteiger partial charge is 0.332 e. The highest BCUT2D eigenvalue weighted by Gasteiger charge is 2.14. The van der Waals surface area contributed by atoms with Gasteiger partial charge in [0.05, 0.1) is 12.9 Å². The minimum absolute atomic E-state index is 0.172. The number of fused-ring (bicyclic) bond motifs is 1. The summed E-state index contributed by atoms with van der Waals surface area (Å²) in [5, 5.41) is 0. The topological polar surface area (TPSA) is 88.1 Å². The largest absolute Gasteiger partial charge is 0.466 e. The van der Waals surface area contributed by atoms with Crippen LogP contribution in [0.15, 0.2) is 15.9 Å². The lowest BCUT2D eigenvalue weighted by molar-refractivity contribution is -0.143. The van der Waals surface area contributed by atoms with Crippen molar-refractivity contribution in [2.75, 3.05) is 6.61 Å². The highest BCUT2D eigenvalue weighted by molar-refractivity contribution is 5.70. The van der Waals surface area contributed by atoms with Gasteiger partial charge in [-0.2, -0.15) is 0 Å². The Hall–Kier alpha value is -2.38. The lowest BCUT2D eigenvalue weighted by Gasteiger charge is -2.08. The number of rotatable bonds is 5.